The predicted octanol–water partition coefficient (Wildman–Crippen LogP) is 3.50. The SMILES string of the molecule is CCc1ccccc1C(CN)Nc1ccccc1F. The highest BCUT2D eigenvalue weighted by atomic mass is 19.1. The van der Waals surface area contributed by atoms with Gasteiger partial charge in [0.25, 0.3) is 0 Å². The molecule has 2 rings (SSSR count). The third kappa shape index (κ3) is 3.12. The largest absolute Gasteiger partial charge is 0.375 e. The Hall–Kier alpha value is -1.87. The second-order valence-corrected chi connectivity index (χ2v) is 4.46. The van der Waals surface area contributed by atoms with Crippen LogP contribution in [0.2, 0.25) is 0 Å². The molecule has 0 spiro atoms. The third-order valence-corrected chi connectivity index (χ3v) is 3.25. The van der Waals surface area contributed by atoms with Crippen molar-refractivity contribution < 1.29 is 4.39 Å². The Morgan fingerprint density at radius 2 is 1.79 bits per heavy atom. The first-order valence-electron chi connectivity index (χ1n) is 6.55. The third-order valence-electron chi connectivity index (χ3n) is 3.25. The van der Waals surface area contributed by atoms with E-state index in [0.29, 0.717) is 12.2 Å². The second-order valence-electron chi connectivity index (χ2n) is 4.46. The molecule has 2 nitrogen and oxygen atoms in total. The van der Waals surface area contributed by atoms with E-state index in [0.717, 1.165) is 12.0 Å². The number of para-hydroxylation sites is 1. The number of nitrogens with two attached hydrogens (primary N) is 1. The minimum absolute atomic E-state index is 0.0759. The van der Waals surface area contributed by atoms with E-state index in [1.54, 1.807) is 12.1 Å². The molecule has 0 radical (unpaired) electrons. The summed E-state index contributed by atoms with van der Waals surface area (Å²) in [6.07, 6.45) is 0.936. The van der Waals surface area contributed by atoms with Gasteiger partial charge in [-0.05, 0) is 29.7 Å². The van der Waals surface area contributed by atoms with Crippen LogP contribution in [-0.4, -0.2) is 6.54 Å². The van der Waals surface area contributed by atoms with Gasteiger partial charge in [-0.3, -0.25) is 0 Å². The van der Waals surface area contributed by atoms with Gasteiger partial charge in [0, 0.05) is 6.54 Å². The molecule has 0 aliphatic carbocycles. The van der Waals surface area contributed by atoms with Gasteiger partial charge in [0.05, 0.1) is 11.7 Å². The molecule has 0 saturated carbocycles. The van der Waals surface area contributed by atoms with Crippen molar-refractivity contribution in [2.45, 2.75) is 19.4 Å². The molecule has 0 fully saturated rings. The highest BCUT2D eigenvalue weighted by Crippen LogP contribution is 2.24. The van der Waals surface area contributed by atoms with Gasteiger partial charge < -0.3 is 11.1 Å². The topological polar surface area (TPSA) is 38.0 Å². The maximum Gasteiger partial charge on any atom is 0.146 e. The van der Waals surface area contributed by atoms with E-state index in [-0.39, 0.29) is 11.9 Å². The maximum atomic E-state index is 13.7. The predicted molar refractivity (Wildman–Crippen MR) is 77.6 cm³/mol. The van der Waals surface area contributed by atoms with Crippen LogP contribution in [0.25, 0.3) is 0 Å². The number of anilines is 1. The van der Waals surface area contributed by atoms with Crippen LogP contribution in [0.5, 0.6) is 0 Å². The van der Waals surface area contributed by atoms with Crippen molar-refractivity contribution in [1.29, 1.82) is 0 Å². The lowest BCUT2D eigenvalue weighted by atomic mass is 9.98. The lowest BCUT2D eigenvalue weighted by Gasteiger charge is -2.21. The first-order chi connectivity index (χ1) is 9.26. The van der Waals surface area contributed by atoms with Gasteiger partial charge in [-0.2, -0.15) is 0 Å². The van der Waals surface area contributed by atoms with E-state index in [2.05, 4.69) is 18.3 Å². The zero-order chi connectivity index (χ0) is 13.7. The van der Waals surface area contributed by atoms with Crippen LogP contribution in [0.15, 0.2) is 48.5 Å². The molecule has 100 valence electrons. The molecule has 0 bridgehead atoms. The van der Waals surface area contributed by atoms with Crippen LogP contribution in [0.3, 0.4) is 0 Å². The molecule has 3 N–H and O–H groups in total. The minimum atomic E-state index is -0.255. The number of hydrogen-bond donors (Lipinski definition) is 2. The van der Waals surface area contributed by atoms with Crippen LogP contribution in [0.1, 0.15) is 24.1 Å². The Morgan fingerprint density at radius 3 is 2.47 bits per heavy atom. The van der Waals surface area contributed by atoms with Crippen LogP contribution in [0.4, 0.5) is 10.1 Å². The van der Waals surface area contributed by atoms with Gasteiger partial charge in [-0.25, -0.2) is 4.39 Å². The molecule has 3 heteroatoms. The summed E-state index contributed by atoms with van der Waals surface area (Å²) in [7, 11) is 0. The summed E-state index contributed by atoms with van der Waals surface area (Å²) < 4.78 is 13.7. The number of nitrogens with one attached hydrogen (secondary N) is 1. The fourth-order valence-electron chi connectivity index (χ4n) is 2.23. The molecule has 1 unspecified atom stereocenters. The highest BCUT2D eigenvalue weighted by molar-refractivity contribution is 5.48. The van der Waals surface area contributed by atoms with Crippen LogP contribution in [-0.2, 0) is 6.42 Å². The van der Waals surface area contributed by atoms with E-state index in [4.69, 9.17) is 5.73 Å². The first-order valence-corrected chi connectivity index (χ1v) is 6.55. The van der Waals surface area contributed by atoms with E-state index >= 15 is 0 Å². The Labute approximate surface area is 113 Å². The summed E-state index contributed by atoms with van der Waals surface area (Å²) in [6.45, 7) is 2.53. The summed E-state index contributed by atoms with van der Waals surface area (Å²) in [6, 6.07) is 14.7. The lowest BCUT2D eigenvalue weighted by molar-refractivity contribution is 0.625. The molecule has 19 heavy (non-hydrogen) atoms. The molecule has 2 aromatic rings. The summed E-state index contributed by atoms with van der Waals surface area (Å²) in [5.74, 6) is -0.255. The van der Waals surface area contributed by atoms with Crippen molar-refractivity contribution in [2.24, 2.45) is 5.73 Å². The Morgan fingerprint density at radius 1 is 1.11 bits per heavy atom. The lowest BCUT2D eigenvalue weighted by Crippen LogP contribution is -2.22. The van der Waals surface area contributed by atoms with Crippen LogP contribution in [0, 0.1) is 5.82 Å². The zero-order valence-electron chi connectivity index (χ0n) is 11.1. The summed E-state index contributed by atoms with van der Waals surface area (Å²) in [4.78, 5) is 0. The van der Waals surface area contributed by atoms with Crippen molar-refractivity contribution in [3.63, 3.8) is 0 Å². The molecule has 1 atom stereocenters. The van der Waals surface area contributed by atoms with E-state index in [1.165, 1.54) is 11.6 Å². The Balaban J connectivity index is 2.28. The molecular weight excluding hydrogens is 239 g/mol. The van der Waals surface area contributed by atoms with Crippen molar-refractivity contribution >= 4 is 5.69 Å². The highest BCUT2D eigenvalue weighted by Gasteiger charge is 2.14. The standard InChI is InChI=1S/C16H19FN2/c1-2-12-7-3-4-8-13(12)16(11-18)19-15-10-6-5-9-14(15)17/h3-10,16,19H,2,11,18H2,1H3. The van der Waals surface area contributed by atoms with Gasteiger partial charge in [0.15, 0.2) is 0 Å². The molecule has 0 saturated heterocycles. The fourth-order valence-corrected chi connectivity index (χ4v) is 2.23. The summed E-state index contributed by atoms with van der Waals surface area (Å²) >= 11 is 0. The van der Waals surface area contributed by atoms with Crippen LogP contribution < -0.4 is 11.1 Å². The van der Waals surface area contributed by atoms with Gasteiger partial charge in [0.2, 0.25) is 0 Å². The molecule has 0 aromatic heterocycles. The molecule has 0 amide bonds. The van der Waals surface area contributed by atoms with Crippen molar-refractivity contribution in [3.8, 4) is 0 Å². The van der Waals surface area contributed by atoms with Crippen molar-refractivity contribution in [3.05, 3.63) is 65.5 Å². The van der Waals surface area contributed by atoms with Gasteiger partial charge in [0.1, 0.15) is 5.82 Å². The summed E-state index contributed by atoms with van der Waals surface area (Å²) in [5.41, 5.74) is 8.70. The monoisotopic (exact) mass is 258 g/mol. The second kappa shape index (κ2) is 6.34. The first kappa shape index (κ1) is 13.6. The van der Waals surface area contributed by atoms with E-state index in [1.807, 2.05) is 24.3 Å². The molecule has 0 aliphatic heterocycles. The van der Waals surface area contributed by atoms with Crippen molar-refractivity contribution in [2.75, 3.05) is 11.9 Å². The smallest absolute Gasteiger partial charge is 0.146 e. The van der Waals surface area contributed by atoms with Crippen molar-refractivity contribution in [1.82, 2.24) is 0 Å². The maximum absolute atomic E-state index is 13.7. The van der Waals surface area contributed by atoms with Gasteiger partial charge in [-0.15, -0.1) is 0 Å². The van der Waals surface area contributed by atoms with E-state index in [9.17, 15) is 4.39 Å². The normalized spacial score (nSPS) is 12.2. The average Bonchev–Trinajstić information content (AvgIpc) is 2.46. The number of aryl methyl sites for hydroxylation is 1. The molecular formula is C16H19FN2. The Kier molecular flexibility index (Phi) is 4.53. The average molecular weight is 258 g/mol. The van der Waals surface area contributed by atoms with E-state index < -0.39 is 0 Å². The Bertz CT molecular complexity index is 540. The van der Waals surface area contributed by atoms with Crippen LogP contribution >= 0.6 is 0 Å². The quantitative estimate of drug-likeness (QED) is 0.861. The number of halogens is 1. The van der Waals surface area contributed by atoms with Gasteiger partial charge >= 0.3 is 0 Å². The number of benzene rings is 2. The molecule has 0 aliphatic rings. The minimum Gasteiger partial charge on any atom is -0.375 e. The summed E-state index contributed by atoms with van der Waals surface area (Å²) in [5, 5.41) is 3.19. The van der Waals surface area contributed by atoms with Gasteiger partial charge in [-0.1, -0.05) is 43.3 Å². The number of rotatable bonds is 5. The molecule has 2 aromatic carbocycles. The fraction of sp³-hybridized carbons (Fsp3) is 0.250. The molecule has 0 heterocycles. The zero-order valence-corrected chi connectivity index (χ0v) is 11.1. The number of hydrogen-bond acceptors (Lipinski definition) is 2.